The van der Waals surface area contributed by atoms with Crippen LogP contribution in [0.3, 0.4) is 0 Å². The number of benzene rings is 7. The Bertz CT molecular complexity index is 2520. The van der Waals surface area contributed by atoms with Crippen LogP contribution in [-0.2, 0) is 0 Å². The standard InChI is InChI=1S/C48H30N6O/c1-5-15-31(16-6-1)43-49-44(32-17-7-2-8-18-32)52-47(51-43)35-25-27-41-39(29-35)37-23-13-14-24-38(37)40-30-36(26-28-42(40)55-41)48-53-45(33-19-9-3-10-20-33)50-46(54-48)34-21-11-4-12-22-34/h1-30H. The van der Waals surface area contributed by atoms with Crippen LogP contribution in [0.15, 0.2) is 182 Å². The summed E-state index contributed by atoms with van der Waals surface area (Å²) in [6.45, 7) is 0. The molecule has 10 rings (SSSR count). The lowest BCUT2D eigenvalue weighted by Gasteiger charge is -2.12. The molecule has 0 amide bonds. The van der Waals surface area contributed by atoms with Crippen LogP contribution in [0.5, 0.6) is 11.5 Å². The molecule has 2 aromatic heterocycles. The van der Waals surface area contributed by atoms with Gasteiger partial charge in [-0.05, 0) is 47.5 Å². The van der Waals surface area contributed by atoms with E-state index in [0.717, 1.165) is 67.1 Å². The highest BCUT2D eigenvalue weighted by Crippen LogP contribution is 2.48. The number of ether oxygens (including phenoxy) is 1. The fourth-order valence-corrected chi connectivity index (χ4v) is 6.88. The molecule has 0 N–H and O–H groups in total. The first-order chi connectivity index (χ1) is 27.2. The van der Waals surface area contributed by atoms with E-state index in [-0.39, 0.29) is 0 Å². The Morgan fingerprint density at radius 2 is 0.509 bits per heavy atom. The molecule has 1 aliphatic rings. The Morgan fingerprint density at radius 3 is 0.818 bits per heavy atom. The van der Waals surface area contributed by atoms with Crippen LogP contribution in [-0.4, -0.2) is 29.9 Å². The zero-order chi connectivity index (χ0) is 36.6. The summed E-state index contributed by atoms with van der Waals surface area (Å²) in [5.74, 6) is 5.08. The second-order valence-corrected chi connectivity index (χ2v) is 13.1. The Kier molecular flexibility index (Phi) is 8.00. The molecule has 3 heterocycles. The van der Waals surface area contributed by atoms with E-state index in [9.17, 15) is 0 Å². The number of hydrogen-bond donors (Lipinski definition) is 0. The first-order valence-electron chi connectivity index (χ1n) is 18.0. The van der Waals surface area contributed by atoms with E-state index < -0.39 is 0 Å². The van der Waals surface area contributed by atoms with Crippen molar-refractivity contribution in [2.75, 3.05) is 0 Å². The van der Waals surface area contributed by atoms with Gasteiger partial charge in [0.2, 0.25) is 0 Å². The van der Waals surface area contributed by atoms with Crippen molar-refractivity contribution in [2.45, 2.75) is 0 Å². The van der Waals surface area contributed by atoms with Crippen molar-refractivity contribution in [2.24, 2.45) is 0 Å². The van der Waals surface area contributed by atoms with E-state index in [2.05, 4.69) is 36.4 Å². The number of aromatic nitrogens is 6. The molecule has 7 heteroatoms. The van der Waals surface area contributed by atoms with Crippen LogP contribution in [0.1, 0.15) is 0 Å². The van der Waals surface area contributed by atoms with Gasteiger partial charge in [0.25, 0.3) is 0 Å². The minimum atomic E-state index is 0.579. The van der Waals surface area contributed by atoms with Gasteiger partial charge in [-0.15, -0.1) is 0 Å². The SMILES string of the molecule is c1ccc(-c2nc(-c3ccccc3)nc(-c3ccc4c(c3)-c3ccccc3-c3cc(-c5nc(-c6ccccc6)nc(-c6ccccc6)n5)ccc3O4)n2)cc1. The summed E-state index contributed by atoms with van der Waals surface area (Å²) in [6, 6.07) is 60.7. The summed E-state index contributed by atoms with van der Waals surface area (Å²) in [6.07, 6.45) is 0. The lowest BCUT2D eigenvalue weighted by atomic mass is 9.93. The van der Waals surface area contributed by atoms with Gasteiger partial charge < -0.3 is 4.74 Å². The predicted molar refractivity (Wildman–Crippen MR) is 217 cm³/mol. The minimum Gasteiger partial charge on any atom is -0.456 e. The highest BCUT2D eigenvalue weighted by molar-refractivity contribution is 5.93. The van der Waals surface area contributed by atoms with Gasteiger partial charge in [0, 0.05) is 44.5 Å². The van der Waals surface area contributed by atoms with Crippen LogP contribution in [0.2, 0.25) is 0 Å². The molecule has 9 aromatic rings. The maximum absolute atomic E-state index is 6.73. The summed E-state index contributed by atoms with van der Waals surface area (Å²) in [5.41, 5.74) is 9.32. The van der Waals surface area contributed by atoms with Crippen molar-refractivity contribution in [1.29, 1.82) is 0 Å². The van der Waals surface area contributed by atoms with Crippen molar-refractivity contribution < 1.29 is 4.74 Å². The van der Waals surface area contributed by atoms with Gasteiger partial charge in [-0.25, -0.2) is 29.9 Å². The Morgan fingerprint density at radius 1 is 0.236 bits per heavy atom. The van der Waals surface area contributed by atoms with E-state index in [4.69, 9.17) is 34.6 Å². The fraction of sp³-hybridized carbons (Fsp3) is 0. The van der Waals surface area contributed by atoms with E-state index >= 15 is 0 Å². The largest absolute Gasteiger partial charge is 0.456 e. The van der Waals surface area contributed by atoms with Gasteiger partial charge in [-0.2, -0.15) is 0 Å². The summed E-state index contributed by atoms with van der Waals surface area (Å²) in [4.78, 5) is 29.7. The van der Waals surface area contributed by atoms with E-state index in [1.165, 1.54) is 0 Å². The molecule has 1 aliphatic heterocycles. The van der Waals surface area contributed by atoms with Gasteiger partial charge in [0.1, 0.15) is 11.5 Å². The van der Waals surface area contributed by atoms with Crippen molar-refractivity contribution in [1.82, 2.24) is 29.9 Å². The third kappa shape index (κ3) is 6.19. The smallest absolute Gasteiger partial charge is 0.164 e. The van der Waals surface area contributed by atoms with Gasteiger partial charge in [-0.1, -0.05) is 146 Å². The molecule has 0 bridgehead atoms. The summed E-state index contributed by atoms with van der Waals surface area (Å²) in [5, 5.41) is 0. The van der Waals surface area contributed by atoms with Crippen molar-refractivity contribution in [3.63, 3.8) is 0 Å². The van der Waals surface area contributed by atoms with Gasteiger partial charge in [0.05, 0.1) is 0 Å². The topological polar surface area (TPSA) is 86.6 Å². The van der Waals surface area contributed by atoms with E-state index in [1.54, 1.807) is 0 Å². The number of fused-ring (bicyclic) bond motifs is 5. The molecular weight excluding hydrogens is 677 g/mol. The first kappa shape index (κ1) is 32.0. The van der Waals surface area contributed by atoms with Gasteiger partial charge in [0.15, 0.2) is 34.9 Å². The molecule has 0 radical (unpaired) electrons. The van der Waals surface area contributed by atoms with Crippen LogP contribution in [0.25, 0.3) is 90.6 Å². The molecule has 7 aromatic carbocycles. The van der Waals surface area contributed by atoms with Crippen molar-refractivity contribution in [3.05, 3.63) is 182 Å². The zero-order valence-electron chi connectivity index (χ0n) is 29.4. The molecule has 0 saturated carbocycles. The molecule has 0 atom stereocenters. The third-order valence-corrected chi connectivity index (χ3v) is 9.60. The van der Waals surface area contributed by atoms with Crippen LogP contribution < -0.4 is 4.74 Å². The molecule has 55 heavy (non-hydrogen) atoms. The highest BCUT2D eigenvalue weighted by atomic mass is 16.5. The first-order valence-corrected chi connectivity index (χ1v) is 18.0. The normalized spacial score (nSPS) is 11.4. The maximum Gasteiger partial charge on any atom is 0.164 e. The molecule has 0 aliphatic carbocycles. The van der Waals surface area contributed by atoms with Crippen LogP contribution >= 0.6 is 0 Å². The Hall–Kier alpha value is -7.64. The monoisotopic (exact) mass is 706 g/mol. The molecule has 0 saturated heterocycles. The molecule has 0 spiro atoms. The highest BCUT2D eigenvalue weighted by Gasteiger charge is 2.24. The van der Waals surface area contributed by atoms with Crippen molar-refractivity contribution >= 4 is 0 Å². The van der Waals surface area contributed by atoms with Crippen molar-refractivity contribution in [3.8, 4) is 102 Å². The Balaban J connectivity index is 1.09. The molecule has 0 unspecified atom stereocenters. The van der Waals surface area contributed by atoms with Gasteiger partial charge >= 0.3 is 0 Å². The van der Waals surface area contributed by atoms with Crippen LogP contribution in [0, 0.1) is 0 Å². The lowest BCUT2D eigenvalue weighted by molar-refractivity contribution is 0.488. The van der Waals surface area contributed by atoms with E-state index in [1.807, 2.05) is 146 Å². The average molecular weight is 707 g/mol. The molecule has 0 fully saturated rings. The fourth-order valence-electron chi connectivity index (χ4n) is 6.88. The Labute approximate surface area is 317 Å². The minimum absolute atomic E-state index is 0.579. The second kappa shape index (κ2) is 13.7. The number of rotatable bonds is 6. The summed E-state index contributed by atoms with van der Waals surface area (Å²) >= 11 is 0. The third-order valence-electron chi connectivity index (χ3n) is 9.60. The van der Waals surface area contributed by atoms with Crippen LogP contribution in [0.4, 0.5) is 0 Å². The van der Waals surface area contributed by atoms with E-state index in [0.29, 0.717) is 34.9 Å². The maximum atomic E-state index is 6.73. The summed E-state index contributed by atoms with van der Waals surface area (Å²) in [7, 11) is 0. The quantitative estimate of drug-likeness (QED) is 0.170. The number of nitrogens with zero attached hydrogens (tertiary/aromatic N) is 6. The second-order valence-electron chi connectivity index (χ2n) is 13.1. The number of hydrogen-bond acceptors (Lipinski definition) is 7. The average Bonchev–Trinajstić information content (AvgIpc) is 3.41. The summed E-state index contributed by atoms with van der Waals surface area (Å²) < 4.78 is 6.73. The molecule has 258 valence electrons. The lowest BCUT2D eigenvalue weighted by Crippen LogP contribution is -2.00. The molecule has 7 nitrogen and oxygen atoms in total. The zero-order valence-corrected chi connectivity index (χ0v) is 29.4. The predicted octanol–water partition coefficient (Wildman–Crippen LogP) is 11.5. The molecular formula is C48H30N6O. The van der Waals surface area contributed by atoms with Gasteiger partial charge in [-0.3, -0.25) is 0 Å².